The number of hydrogen-bond acceptors (Lipinski definition) is 22. The molecule has 396 valence electrons. The summed E-state index contributed by atoms with van der Waals surface area (Å²) in [6, 6.07) is 15.4. The summed E-state index contributed by atoms with van der Waals surface area (Å²) >= 11 is 0. The van der Waals surface area contributed by atoms with Gasteiger partial charge in [0.1, 0.15) is 80.1 Å². The van der Waals surface area contributed by atoms with Crippen molar-refractivity contribution < 1.29 is 63.1 Å². The molecule has 6 aromatic heterocycles. The number of benzene rings is 2. The zero-order chi connectivity index (χ0) is 52.3. The van der Waals surface area contributed by atoms with Crippen molar-refractivity contribution in [1.29, 1.82) is 0 Å². The predicted octanol–water partition coefficient (Wildman–Crippen LogP) is 5.39. The molecule has 0 unspecified atom stereocenters. The van der Waals surface area contributed by atoms with E-state index in [0.29, 0.717) is 45.9 Å². The molecule has 24 nitrogen and oxygen atoms in total. The Hall–Kier alpha value is -7.76. The van der Waals surface area contributed by atoms with Gasteiger partial charge in [-0.3, -0.25) is 18.8 Å². The van der Waals surface area contributed by atoms with Crippen LogP contribution in [0.1, 0.15) is 42.8 Å². The minimum absolute atomic E-state index is 0. The zero-order valence-corrected chi connectivity index (χ0v) is 41.8. The van der Waals surface area contributed by atoms with Gasteiger partial charge in [-0.15, -0.1) is 20.4 Å². The first-order valence-electron chi connectivity index (χ1n) is 22.2. The van der Waals surface area contributed by atoms with Crippen molar-refractivity contribution >= 4 is 19.7 Å². The lowest BCUT2D eigenvalue weighted by Crippen LogP contribution is -2.33. The van der Waals surface area contributed by atoms with Crippen LogP contribution in [0.15, 0.2) is 107 Å². The fraction of sp³-hybridized carbons (Fsp3) is 0.319. The van der Waals surface area contributed by atoms with Gasteiger partial charge in [0.25, 0.3) is 0 Å². The number of para-hydroxylation sites is 2. The van der Waals surface area contributed by atoms with E-state index in [1.165, 1.54) is 60.2 Å². The van der Waals surface area contributed by atoms with Gasteiger partial charge in [-0.1, -0.05) is 19.6 Å². The molecule has 4 atom stereocenters. The molecular weight excluding hydrogens is 1030 g/mol. The topological polar surface area (TPSA) is 269 Å². The largest absolute Gasteiger partial charge is 0.494 e. The van der Waals surface area contributed by atoms with Crippen LogP contribution in [-0.2, 0) is 40.9 Å². The van der Waals surface area contributed by atoms with Crippen LogP contribution in [0.5, 0.6) is 23.0 Å². The Kier molecular flexibility index (Phi) is 16.0. The molecule has 2 saturated heterocycles. The molecule has 75 heavy (non-hydrogen) atoms. The summed E-state index contributed by atoms with van der Waals surface area (Å²) in [4.78, 5) is 27.0. The lowest BCUT2D eigenvalue weighted by atomic mass is 10.2. The van der Waals surface area contributed by atoms with Gasteiger partial charge >= 0.3 is 0 Å². The van der Waals surface area contributed by atoms with Crippen LogP contribution in [0.25, 0.3) is 34.5 Å². The Morgan fingerprint density at radius 1 is 0.547 bits per heavy atom. The molecule has 0 amide bonds. The molecule has 0 radical (unpaired) electrons. The summed E-state index contributed by atoms with van der Waals surface area (Å²) in [6.07, 6.45) is 6.89. The average Bonchev–Trinajstić information content (AvgIpc) is 4.28. The van der Waals surface area contributed by atoms with E-state index in [9.17, 15) is 25.6 Å². The summed E-state index contributed by atoms with van der Waals surface area (Å²) in [7, 11) is 1.20. The van der Waals surface area contributed by atoms with E-state index < -0.39 is 65.4 Å². The molecule has 2 fully saturated rings. The molecule has 28 heteroatoms. The van der Waals surface area contributed by atoms with Crippen LogP contribution in [0.2, 0.25) is 0 Å². The Morgan fingerprint density at radius 3 is 1.20 bits per heavy atom. The number of nitrogens with zero attached hydrogens (tertiary/aromatic N) is 12. The van der Waals surface area contributed by atoms with Crippen molar-refractivity contribution in [3.8, 4) is 57.5 Å². The monoisotopic (exact) mass is 1080 g/mol. The summed E-state index contributed by atoms with van der Waals surface area (Å²) < 4.78 is 118. The van der Waals surface area contributed by atoms with Crippen molar-refractivity contribution in [2.75, 3.05) is 55.7 Å². The summed E-state index contributed by atoms with van der Waals surface area (Å²) in [6.45, 7) is -0.275. The Labute approximate surface area is 428 Å². The second-order valence-corrected chi connectivity index (χ2v) is 20.8. The highest BCUT2D eigenvalue weighted by atomic mass is 32.2. The van der Waals surface area contributed by atoms with Gasteiger partial charge in [0.2, 0.25) is 11.6 Å². The first-order valence-corrected chi connectivity index (χ1v) is 25.6. The standard InChI is InChI=1S/2C23H23FN6O6S.CH4/c2*1-29-21(22-25-10-14(24)11-26-22)18(12-36-29)37(31,32)13-19-27-28-23(17-8-5-9-35-17)30(19)20-15(33-2)6-4-7-16(20)34-3;/h2*4-11,18,21H,12-13H2,1-3H3;1H4/t2*18-,21-;/m10./s1. The highest BCUT2D eigenvalue weighted by molar-refractivity contribution is 7.91. The van der Waals surface area contributed by atoms with Gasteiger partial charge in [0.05, 0.1) is 79.0 Å². The number of rotatable bonds is 16. The maximum absolute atomic E-state index is 13.8. The van der Waals surface area contributed by atoms with E-state index >= 15 is 0 Å². The number of methoxy groups -OCH3 is 4. The van der Waals surface area contributed by atoms with Crippen molar-refractivity contribution in [2.45, 2.75) is 41.5 Å². The summed E-state index contributed by atoms with van der Waals surface area (Å²) in [5.74, 6) is 1.05. The fourth-order valence-corrected chi connectivity index (χ4v) is 11.9. The molecule has 0 saturated carbocycles. The number of furan rings is 2. The first kappa shape index (κ1) is 53.5. The SMILES string of the molecule is C.COc1cccc(OC)c1-n1c(CS(=O)(=O)[C@@H]2CON(C)[C@H]2c2ncc(F)cn2)nnc1-c1ccco1.COc1cccc(OC)c1-n1c(CS(=O)(=O)[C@H]2CON(C)[C@@H]2c2ncc(F)cn2)nnc1-c1ccco1. The van der Waals surface area contributed by atoms with Gasteiger partial charge in [0.15, 0.2) is 54.5 Å². The van der Waals surface area contributed by atoms with Crippen LogP contribution in [0, 0.1) is 11.6 Å². The second kappa shape index (κ2) is 22.4. The maximum Gasteiger partial charge on any atom is 0.204 e. The molecule has 2 aliphatic rings. The molecule has 0 bridgehead atoms. The molecule has 0 N–H and O–H groups in total. The first-order chi connectivity index (χ1) is 35.7. The van der Waals surface area contributed by atoms with E-state index in [1.807, 2.05) is 0 Å². The summed E-state index contributed by atoms with van der Waals surface area (Å²) in [5.41, 5.74) is 0.819. The maximum atomic E-state index is 13.8. The molecule has 2 aliphatic heterocycles. The van der Waals surface area contributed by atoms with Gasteiger partial charge < -0.3 is 27.8 Å². The molecule has 0 aliphatic carbocycles. The van der Waals surface area contributed by atoms with Crippen LogP contribution >= 0.6 is 0 Å². The predicted molar refractivity (Wildman–Crippen MR) is 261 cm³/mol. The number of aromatic nitrogens is 10. The Bertz CT molecular complexity index is 3170. The van der Waals surface area contributed by atoms with Crippen LogP contribution in [0.3, 0.4) is 0 Å². The fourth-order valence-electron chi connectivity index (χ4n) is 8.50. The highest BCUT2D eigenvalue weighted by Gasteiger charge is 2.47. The Balaban J connectivity index is 0.000000197. The zero-order valence-electron chi connectivity index (χ0n) is 40.2. The minimum Gasteiger partial charge on any atom is -0.494 e. The molecular formula is C47H50F2N12O12S2. The van der Waals surface area contributed by atoms with E-state index in [2.05, 4.69) is 40.3 Å². The third-order valence-electron chi connectivity index (χ3n) is 12.0. The van der Waals surface area contributed by atoms with Gasteiger partial charge in [-0.2, -0.15) is 10.1 Å². The number of hydroxylamine groups is 4. The number of sulfone groups is 2. The van der Waals surface area contributed by atoms with Crippen molar-refractivity contribution in [1.82, 2.24) is 59.6 Å². The average molecular weight is 1080 g/mol. The van der Waals surface area contributed by atoms with Gasteiger partial charge in [0, 0.05) is 14.1 Å². The minimum atomic E-state index is -3.95. The van der Waals surface area contributed by atoms with E-state index in [4.69, 9.17) is 37.5 Å². The quantitative estimate of drug-likeness (QED) is 0.117. The van der Waals surface area contributed by atoms with Crippen molar-refractivity contribution in [3.63, 3.8) is 0 Å². The van der Waals surface area contributed by atoms with Crippen molar-refractivity contribution in [3.05, 3.63) is 133 Å². The third kappa shape index (κ3) is 10.6. The normalized spacial score (nSPS) is 18.0. The van der Waals surface area contributed by atoms with Crippen LogP contribution in [-0.4, -0.2) is 143 Å². The molecule has 2 aromatic carbocycles. The van der Waals surface area contributed by atoms with E-state index in [-0.39, 0.29) is 55.6 Å². The summed E-state index contributed by atoms with van der Waals surface area (Å²) in [5, 5.41) is 17.5. The smallest absolute Gasteiger partial charge is 0.204 e. The van der Waals surface area contributed by atoms with Gasteiger partial charge in [-0.05, 0) is 48.5 Å². The van der Waals surface area contributed by atoms with E-state index in [1.54, 1.807) is 74.8 Å². The third-order valence-corrected chi connectivity index (χ3v) is 15.9. The highest BCUT2D eigenvalue weighted by Crippen LogP contribution is 2.41. The second-order valence-electron chi connectivity index (χ2n) is 16.3. The molecule has 8 aromatic rings. The van der Waals surface area contributed by atoms with Crippen LogP contribution < -0.4 is 18.9 Å². The molecule has 0 spiro atoms. The molecule has 8 heterocycles. The Morgan fingerprint density at radius 2 is 0.893 bits per heavy atom. The van der Waals surface area contributed by atoms with Gasteiger partial charge in [-0.25, -0.2) is 45.6 Å². The van der Waals surface area contributed by atoms with Crippen molar-refractivity contribution in [2.24, 2.45) is 0 Å². The lowest BCUT2D eigenvalue weighted by molar-refractivity contribution is -0.112. The number of hydrogen-bond donors (Lipinski definition) is 0. The van der Waals surface area contributed by atoms with Crippen LogP contribution in [0.4, 0.5) is 8.78 Å². The lowest BCUT2D eigenvalue weighted by Gasteiger charge is -2.21. The van der Waals surface area contributed by atoms with E-state index in [0.717, 1.165) is 24.8 Å². The number of halogens is 2. The number of ether oxygens (including phenoxy) is 4. The molecule has 10 rings (SSSR count).